The van der Waals surface area contributed by atoms with Gasteiger partial charge in [0.05, 0.1) is 29.9 Å². The fourth-order valence-corrected chi connectivity index (χ4v) is 1.60. The number of hydrogen-bond donors (Lipinski definition) is 3. The van der Waals surface area contributed by atoms with Gasteiger partial charge in [0.15, 0.2) is 0 Å². The largest absolute Gasteiger partial charge is 0.508 e. The predicted octanol–water partition coefficient (Wildman–Crippen LogP) is 2.44. The van der Waals surface area contributed by atoms with Crippen molar-refractivity contribution in [1.29, 1.82) is 10.8 Å². The number of aliphatic imine (C=N–C) groups is 1. The molecule has 0 atom stereocenters. The zero-order chi connectivity index (χ0) is 13.1. The van der Waals surface area contributed by atoms with Crippen LogP contribution in [-0.4, -0.2) is 29.4 Å². The molecule has 0 heterocycles. The maximum atomic E-state index is 9.18. The second-order valence-electron chi connectivity index (χ2n) is 3.86. The number of methoxy groups -OCH3 is 1. The molecule has 0 saturated carbocycles. The van der Waals surface area contributed by atoms with Crippen LogP contribution in [0, 0.1) is 10.8 Å². The van der Waals surface area contributed by atoms with E-state index in [4.69, 9.17) is 15.6 Å². The van der Waals surface area contributed by atoms with E-state index in [0.29, 0.717) is 17.2 Å². The summed E-state index contributed by atoms with van der Waals surface area (Å²) < 4.78 is 5.06. The quantitative estimate of drug-likeness (QED) is 0.744. The van der Waals surface area contributed by atoms with Gasteiger partial charge in [-0.15, -0.1) is 0 Å². The number of phenols is 1. The summed E-state index contributed by atoms with van der Waals surface area (Å²) in [6.07, 6.45) is 1.80. The molecule has 1 aromatic carbocycles. The van der Waals surface area contributed by atoms with Crippen LogP contribution in [0.2, 0.25) is 0 Å². The Labute approximate surface area is 104 Å². The molecule has 1 aliphatic carbocycles. The minimum absolute atomic E-state index is 0.174. The van der Waals surface area contributed by atoms with Gasteiger partial charge in [0, 0.05) is 12.5 Å². The highest BCUT2D eigenvalue weighted by atomic mass is 16.5. The lowest BCUT2D eigenvalue weighted by atomic mass is 10.00. The zero-order valence-corrected chi connectivity index (χ0v) is 9.90. The average Bonchev–Trinajstić information content (AvgIpc) is 2.35. The topological polar surface area (TPSA) is 89.5 Å². The van der Waals surface area contributed by atoms with E-state index >= 15 is 0 Å². The summed E-state index contributed by atoms with van der Waals surface area (Å²) in [5.41, 5.74) is 1.70. The molecule has 0 bridgehead atoms. The number of benzene rings is 1. The van der Waals surface area contributed by atoms with Gasteiger partial charge in [0.25, 0.3) is 0 Å². The summed E-state index contributed by atoms with van der Waals surface area (Å²) in [6.45, 7) is 0. The summed E-state index contributed by atoms with van der Waals surface area (Å²) in [5, 5.41) is 24.6. The first kappa shape index (κ1) is 12.0. The smallest absolute Gasteiger partial charge is 0.142 e. The minimum Gasteiger partial charge on any atom is -0.508 e. The first-order valence-corrected chi connectivity index (χ1v) is 5.39. The van der Waals surface area contributed by atoms with Crippen molar-refractivity contribution in [3.05, 3.63) is 36.1 Å². The molecule has 0 radical (unpaired) electrons. The minimum atomic E-state index is 0.174. The van der Waals surface area contributed by atoms with Gasteiger partial charge in [-0.05, 0) is 24.3 Å². The van der Waals surface area contributed by atoms with Crippen molar-refractivity contribution in [3.8, 4) is 5.75 Å². The molecule has 0 unspecified atom stereocenters. The monoisotopic (exact) mass is 243 g/mol. The molecule has 0 aromatic heterocycles. The van der Waals surface area contributed by atoms with Gasteiger partial charge < -0.3 is 20.7 Å². The van der Waals surface area contributed by atoms with E-state index in [9.17, 15) is 5.11 Å². The van der Waals surface area contributed by atoms with Gasteiger partial charge >= 0.3 is 0 Å². The second kappa shape index (κ2) is 4.83. The number of hydrogen-bond acceptors (Lipinski definition) is 5. The van der Waals surface area contributed by atoms with E-state index in [1.807, 2.05) is 0 Å². The Morgan fingerprint density at radius 1 is 1.17 bits per heavy atom. The summed E-state index contributed by atoms with van der Waals surface area (Å²) in [4.78, 5) is 4.30. The van der Waals surface area contributed by atoms with E-state index in [1.54, 1.807) is 18.2 Å². The maximum Gasteiger partial charge on any atom is 0.142 e. The van der Waals surface area contributed by atoms with Crippen molar-refractivity contribution in [2.24, 2.45) is 4.99 Å². The second-order valence-corrected chi connectivity index (χ2v) is 3.86. The molecule has 2 rings (SSSR count). The zero-order valence-electron chi connectivity index (χ0n) is 9.90. The third kappa shape index (κ3) is 2.45. The number of phenolic OH excluding ortho intramolecular Hbond substituents is 1. The lowest BCUT2D eigenvalue weighted by Crippen LogP contribution is -2.23. The molecule has 1 aliphatic rings. The van der Waals surface area contributed by atoms with Crippen molar-refractivity contribution in [1.82, 2.24) is 0 Å². The number of rotatable bonds is 2. The van der Waals surface area contributed by atoms with Gasteiger partial charge in [-0.1, -0.05) is 0 Å². The predicted molar refractivity (Wildman–Crippen MR) is 70.4 cm³/mol. The molecule has 5 heteroatoms. The Kier molecular flexibility index (Phi) is 3.23. The fraction of sp³-hybridized carbons (Fsp3) is 0.154. The number of ether oxygens (including phenoxy) is 1. The number of nitrogens with one attached hydrogen (secondary N) is 2. The van der Waals surface area contributed by atoms with E-state index in [-0.39, 0.29) is 23.6 Å². The molecule has 0 aliphatic heterocycles. The average molecular weight is 243 g/mol. The highest BCUT2D eigenvalue weighted by Crippen LogP contribution is 2.19. The highest BCUT2D eigenvalue weighted by Gasteiger charge is 2.19. The van der Waals surface area contributed by atoms with E-state index in [0.717, 1.165) is 0 Å². The molecule has 0 fully saturated rings. The molecule has 92 valence electrons. The molecule has 0 spiro atoms. The Morgan fingerprint density at radius 2 is 1.83 bits per heavy atom. The SMILES string of the molecule is COC1=CC(=Nc2ccc(O)cc2)C(=N)CC1=N. The lowest BCUT2D eigenvalue weighted by molar-refractivity contribution is 0.314. The molecule has 18 heavy (non-hydrogen) atoms. The molecule has 0 saturated heterocycles. The standard InChI is InChI=1S/C13H13N3O2/c1-18-13-7-12(10(14)6-11(13)15)16-8-2-4-9(17)5-3-8/h2-5,7,14-15,17H,6H2,1H3. The van der Waals surface area contributed by atoms with Crippen LogP contribution in [-0.2, 0) is 4.74 Å². The van der Waals surface area contributed by atoms with Gasteiger partial charge in [0.2, 0.25) is 0 Å². The van der Waals surface area contributed by atoms with Crippen LogP contribution in [0.5, 0.6) is 5.75 Å². The van der Waals surface area contributed by atoms with Gasteiger partial charge in [-0.2, -0.15) is 0 Å². The summed E-state index contributed by atoms with van der Waals surface area (Å²) in [6, 6.07) is 6.40. The third-order valence-electron chi connectivity index (χ3n) is 2.55. The molecule has 3 N–H and O–H groups in total. The van der Waals surface area contributed by atoms with E-state index in [1.165, 1.54) is 19.2 Å². The van der Waals surface area contributed by atoms with Gasteiger partial charge in [-0.3, -0.25) is 0 Å². The lowest BCUT2D eigenvalue weighted by Gasteiger charge is -2.15. The van der Waals surface area contributed by atoms with Crippen LogP contribution < -0.4 is 0 Å². The highest BCUT2D eigenvalue weighted by molar-refractivity contribution is 6.51. The third-order valence-corrected chi connectivity index (χ3v) is 2.55. The fourth-order valence-electron chi connectivity index (χ4n) is 1.60. The Hall–Kier alpha value is -2.43. The van der Waals surface area contributed by atoms with Crippen molar-refractivity contribution in [2.75, 3.05) is 7.11 Å². The molecular formula is C13H13N3O2. The summed E-state index contributed by atoms with van der Waals surface area (Å²) in [5.74, 6) is 0.607. The molecule has 1 aromatic rings. The molecule has 5 nitrogen and oxygen atoms in total. The Balaban J connectivity index is 2.37. The van der Waals surface area contributed by atoms with Crippen LogP contribution in [0.3, 0.4) is 0 Å². The first-order valence-electron chi connectivity index (χ1n) is 5.39. The molecular weight excluding hydrogens is 230 g/mol. The van der Waals surface area contributed by atoms with Crippen molar-refractivity contribution >= 4 is 22.8 Å². The number of allylic oxidation sites excluding steroid dienone is 2. The van der Waals surface area contributed by atoms with Crippen molar-refractivity contribution in [3.63, 3.8) is 0 Å². The van der Waals surface area contributed by atoms with Gasteiger partial charge in [0.1, 0.15) is 11.5 Å². The Bertz CT molecular complexity index is 556. The van der Waals surface area contributed by atoms with Gasteiger partial charge in [-0.25, -0.2) is 4.99 Å². The number of nitrogens with zero attached hydrogens (tertiary/aromatic N) is 1. The van der Waals surface area contributed by atoms with Crippen molar-refractivity contribution in [2.45, 2.75) is 6.42 Å². The Morgan fingerprint density at radius 3 is 2.44 bits per heavy atom. The normalized spacial score (nSPS) is 17.8. The summed E-state index contributed by atoms with van der Waals surface area (Å²) >= 11 is 0. The summed E-state index contributed by atoms with van der Waals surface area (Å²) in [7, 11) is 1.49. The first-order chi connectivity index (χ1) is 8.60. The van der Waals surface area contributed by atoms with Crippen molar-refractivity contribution < 1.29 is 9.84 Å². The molecule has 0 amide bonds. The van der Waals surface area contributed by atoms with Crippen LogP contribution in [0.1, 0.15) is 6.42 Å². The van der Waals surface area contributed by atoms with Crippen LogP contribution in [0.25, 0.3) is 0 Å². The van der Waals surface area contributed by atoms with Crippen LogP contribution >= 0.6 is 0 Å². The van der Waals surface area contributed by atoms with E-state index < -0.39 is 0 Å². The maximum absolute atomic E-state index is 9.18. The van der Waals surface area contributed by atoms with E-state index in [2.05, 4.69) is 4.99 Å². The van der Waals surface area contributed by atoms with Crippen LogP contribution in [0.4, 0.5) is 5.69 Å². The number of aromatic hydroxyl groups is 1. The van der Waals surface area contributed by atoms with Crippen LogP contribution in [0.15, 0.2) is 41.1 Å².